The van der Waals surface area contributed by atoms with Crippen molar-refractivity contribution in [3.05, 3.63) is 29.8 Å². The van der Waals surface area contributed by atoms with E-state index in [4.69, 9.17) is 5.73 Å². The first-order valence-corrected chi connectivity index (χ1v) is 6.26. The first-order valence-electron chi connectivity index (χ1n) is 6.26. The molecule has 1 aromatic rings. The second-order valence-corrected chi connectivity index (χ2v) is 4.71. The number of piperidine rings is 1. The van der Waals surface area contributed by atoms with Crippen LogP contribution in [0.1, 0.15) is 23.2 Å². The number of nitrogens with zero attached hydrogens (tertiary/aromatic N) is 1. The van der Waals surface area contributed by atoms with E-state index >= 15 is 0 Å². The molecule has 2 N–H and O–H groups in total. The number of carbonyl (C=O) groups excluding carboxylic acids is 1. The molecule has 0 radical (unpaired) electrons. The number of likely N-dealkylation sites (tertiary alicyclic amines) is 1. The minimum absolute atomic E-state index is 0.0824. The molecule has 1 aliphatic heterocycles. The Morgan fingerprint density at radius 2 is 1.95 bits per heavy atom. The second kappa shape index (κ2) is 5.70. The summed E-state index contributed by atoms with van der Waals surface area (Å²) in [5.41, 5.74) is 5.93. The molecule has 1 aliphatic rings. The summed E-state index contributed by atoms with van der Waals surface area (Å²) in [5, 5.41) is 0. The van der Waals surface area contributed by atoms with Crippen LogP contribution in [-0.2, 0) is 0 Å². The second-order valence-electron chi connectivity index (χ2n) is 4.71. The third-order valence-electron chi connectivity index (χ3n) is 3.14. The molecule has 0 unspecified atom stereocenters. The fourth-order valence-electron chi connectivity index (χ4n) is 2.11. The standard InChI is InChI=1S/C13H15F3N2O2/c14-13(15,16)20-11-3-1-2-9(8-11)12(19)18-6-4-10(17)5-7-18/h1-3,8,10H,4-7,17H2. The molecule has 0 aromatic heterocycles. The molecule has 1 saturated heterocycles. The van der Waals surface area contributed by atoms with E-state index in [2.05, 4.69) is 4.74 Å². The van der Waals surface area contributed by atoms with Gasteiger partial charge in [0.05, 0.1) is 0 Å². The summed E-state index contributed by atoms with van der Waals surface area (Å²) in [4.78, 5) is 13.8. The molecule has 20 heavy (non-hydrogen) atoms. The van der Waals surface area contributed by atoms with Gasteiger partial charge in [-0.2, -0.15) is 0 Å². The van der Waals surface area contributed by atoms with Crippen LogP contribution in [0, 0.1) is 0 Å². The molecule has 7 heteroatoms. The Bertz CT molecular complexity index is 483. The molecule has 2 rings (SSSR count). The quantitative estimate of drug-likeness (QED) is 0.907. The van der Waals surface area contributed by atoms with E-state index in [1.807, 2.05) is 0 Å². The SMILES string of the molecule is NC1CCN(C(=O)c2cccc(OC(F)(F)F)c2)CC1. The molecule has 1 amide bonds. The van der Waals surface area contributed by atoms with Crippen LogP contribution in [0.15, 0.2) is 24.3 Å². The molecule has 1 fully saturated rings. The van der Waals surface area contributed by atoms with Gasteiger partial charge in [-0.25, -0.2) is 0 Å². The van der Waals surface area contributed by atoms with Gasteiger partial charge < -0.3 is 15.4 Å². The summed E-state index contributed by atoms with van der Waals surface area (Å²) in [6, 6.07) is 5.18. The van der Waals surface area contributed by atoms with Gasteiger partial charge in [0, 0.05) is 24.7 Å². The fraction of sp³-hybridized carbons (Fsp3) is 0.462. The van der Waals surface area contributed by atoms with Crippen LogP contribution in [0.4, 0.5) is 13.2 Å². The lowest BCUT2D eigenvalue weighted by atomic mass is 10.0. The number of hydrogen-bond donors (Lipinski definition) is 1. The van der Waals surface area contributed by atoms with E-state index in [9.17, 15) is 18.0 Å². The third-order valence-corrected chi connectivity index (χ3v) is 3.14. The van der Waals surface area contributed by atoms with Crippen LogP contribution in [-0.4, -0.2) is 36.3 Å². The highest BCUT2D eigenvalue weighted by Gasteiger charge is 2.31. The molecule has 1 aromatic carbocycles. The molecule has 0 atom stereocenters. The van der Waals surface area contributed by atoms with E-state index in [0.29, 0.717) is 25.9 Å². The normalized spacial score (nSPS) is 17.1. The number of carbonyl (C=O) groups is 1. The zero-order chi connectivity index (χ0) is 14.8. The predicted octanol–water partition coefficient (Wildman–Crippen LogP) is 2.15. The molecule has 110 valence electrons. The van der Waals surface area contributed by atoms with E-state index in [1.165, 1.54) is 12.1 Å². The minimum atomic E-state index is -4.76. The summed E-state index contributed by atoms with van der Waals surface area (Å²) in [6.45, 7) is 1.04. The Morgan fingerprint density at radius 3 is 2.55 bits per heavy atom. The van der Waals surface area contributed by atoms with Gasteiger partial charge in [-0.05, 0) is 31.0 Å². The van der Waals surface area contributed by atoms with Crippen LogP contribution in [0.3, 0.4) is 0 Å². The van der Waals surface area contributed by atoms with Crippen molar-refractivity contribution in [3.8, 4) is 5.75 Å². The maximum atomic E-state index is 12.2. The number of amides is 1. The summed E-state index contributed by atoms with van der Waals surface area (Å²) in [7, 11) is 0. The van der Waals surface area contributed by atoms with Crippen molar-refractivity contribution in [2.45, 2.75) is 25.2 Å². The van der Waals surface area contributed by atoms with Gasteiger partial charge in [0.2, 0.25) is 0 Å². The van der Waals surface area contributed by atoms with Crippen LogP contribution in [0.25, 0.3) is 0 Å². The first-order chi connectivity index (χ1) is 9.35. The van der Waals surface area contributed by atoms with Crippen LogP contribution >= 0.6 is 0 Å². The van der Waals surface area contributed by atoms with E-state index in [-0.39, 0.29) is 17.5 Å². The van der Waals surface area contributed by atoms with Crippen molar-refractivity contribution < 1.29 is 22.7 Å². The highest BCUT2D eigenvalue weighted by molar-refractivity contribution is 5.94. The lowest BCUT2D eigenvalue weighted by molar-refractivity contribution is -0.274. The van der Waals surface area contributed by atoms with Crippen molar-refractivity contribution in [1.82, 2.24) is 4.90 Å². The fourth-order valence-corrected chi connectivity index (χ4v) is 2.11. The average molecular weight is 288 g/mol. The molecule has 4 nitrogen and oxygen atoms in total. The largest absolute Gasteiger partial charge is 0.573 e. The number of alkyl halides is 3. The van der Waals surface area contributed by atoms with Crippen molar-refractivity contribution in [1.29, 1.82) is 0 Å². The van der Waals surface area contributed by atoms with Crippen LogP contribution in [0.2, 0.25) is 0 Å². The maximum Gasteiger partial charge on any atom is 0.573 e. The Balaban J connectivity index is 2.08. The smallest absolute Gasteiger partial charge is 0.406 e. The third kappa shape index (κ3) is 3.86. The Kier molecular flexibility index (Phi) is 4.17. The van der Waals surface area contributed by atoms with Gasteiger partial charge in [-0.1, -0.05) is 6.07 Å². The van der Waals surface area contributed by atoms with Gasteiger partial charge in [-0.3, -0.25) is 4.79 Å². The zero-order valence-electron chi connectivity index (χ0n) is 10.7. The number of benzene rings is 1. The number of nitrogens with two attached hydrogens (primary N) is 1. The highest BCUT2D eigenvalue weighted by atomic mass is 19.4. The van der Waals surface area contributed by atoms with Gasteiger partial charge in [0.15, 0.2) is 0 Å². The average Bonchev–Trinajstić information content (AvgIpc) is 2.37. The van der Waals surface area contributed by atoms with Crippen molar-refractivity contribution >= 4 is 5.91 Å². The molecular weight excluding hydrogens is 273 g/mol. The Hall–Kier alpha value is -1.76. The molecule has 0 spiro atoms. The summed E-state index contributed by atoms with van der Waals surface area (Å²) < 4.78 is 40.2. The lowest BCUT2D eigenvalue weighted by Gasteiger charge is -2.30. The van der Waals surface area contributed by atoms with Gasteiger partial charge >= 0.3 is 6.36 Å². The van der Waals surface area contributed by atoms with Gasteiger partial charge in [0.1, 0.15) is 5.75 Å². The van der Waals surface area contributed by atoms with Crippen molar-refractivity contribution in [2.24, 2.45) is 5.73 Å². The lowest BCUT2D eigenvalue weighted by Crippen LogP contribution is -2.42. The Morgan fingerprint density at radius 1 is 1.30 bits per heavy atom. The molecule has 0 bridgehead atoms. The molecular formula is C13H15F3N2O2. The summed E-state index contributed by atoms with van der Waals surface area (Å²) >= 11 is 0. The maximum absolute atomic E-state index is 12.2. The molecule has 0 saturated carbocycles. The van der Waals surface area contributed by atoms with Crippen molar-refractivity contribution in [3.63, 3.8) is 0 Å². The van der Waals surface area contributed by atoms with Gasteiger partial charge in [-0.15, -0.1) is 13.2 Å². The number of rotatable bonds is 2. The van der Waals surface area contributed by atoms with E-state index < -0.39 is 12.1 Å². The van der Waals surface area contributed by atoms with Gasteiger partial charge in [0.25, 0.3) is 5.91 Å². The topological polar surface area (TPSA) is 55.6 Å². The summed E-state index contributed by atoms with van der Waals surface area (Å²) in [6.07, 6.45) is -3.37. The predicted molar refractivity (Wildman–Crippen MR) is 66.2 cm³/mol. The Labute approximate surface area is 114 Å². The van der Waals surface area contributed by atoms with E-state index in [0.717, 1.165) is 12.1 Å². The number of hydrogen-bond acceptors (Lipinski definition) is 3. The van der Waals surface area contributed by atoms with Crippen LogP contribution in [0.5, 0.6) is 5.75 Å². The number of halogens is 3. The van der Waals surface area contributed by atoms with Crippen LogP contribution < -0.4 is 10.5 Å². The summed E-state index contributed by atoms with van der Waals surface area (Å²) in [5.74, 6) is -0.693. The monoisotopic (exact) mass is 288 g/mol. The highest BCUT2D eigenvalue weighted by Crippen LogP contribution is 2.24. The minimum Gasteiger partial charge on any atom is -0.406 e. The molecule has 1 heterocycles. The molecule has 0 aliphatic carbocycles. The zero-order valence-corrected chi connectivity index (χ0v) is 10.7. The van der Waals surface area contributed by atoms with Crippen molar-refractivity contribution in [2.75, 3.05) is 13.1 Å². The van der Waals surface area contributed by atoms with E-state index in [1.54, 1.807) is 4.90 Å². The number of ether oxygens (including phenoxy) is 1. The first kappa shape index (κ1) is 14.6.